The average Bonchev–Trinajstić information content (AvgIpc) is 1.95. The second-order valence-electron chi connectivity index (χ2n) is 6.78. The van der Waals surface area contributed by atoms with Gasteiger partial charge in [-0.2, -0.15) is 0 Å². The molecule has 0 aromatic heterocycles. The summed E-state index contributed by atoms with van der Waals surface area (Å²) in [7, 11) is 0. The molecule has 0 radical (unpaired) electrons. The van der Waals surface area contributed by atoms with Gasteiger partial charge in [-0.3, -0.25) is 14.5 Å². The van der Waals surface area contributed by atoms with Crippen LogP contribution in [0, 0.1) is 5.41 Å². The van der Waals surface area contributed by atoms with Gasteiger partial charge in [0.15, 0.2) is 0 Å². The van der Waals surface area contributed by atoms with E-state index in [2.05, 4.69) is 25.7 Å². The number of amides is 1. The Bertz CT molecular complexity index is 317. The molecule has 1 fully saturated rings. The van der Waals surface area contributed by atoms with E-state index in [4.69, 9.17) is 0 Å². The lowest BCUT2D eigenvalue weighted by Crippen LogP contribution is -2.63. The Kier molecular flexibility index (Phi) is 3.67. The van der Waals surface area contributed by atoms with Crippen molar-refractivity contribution in [2.24, 2.45) is 5.41 Å². The fourth-order valence-corrected chi connectivity index (χ4v) is 1.47. The summed E-state index contributed by atoms with van der Waals surface area (Å²) in [5, 5.41) is 0. The molecule has 0 aliphatic carbocycles. The van der Waals surface area contributed by atoms with Crippen LogP contribution in [0.15, 0.2) is 0 Å². The van der Waals surface area contributed by atoms with E-state index in [9.17, 15) is 9.59 Å². The smallest absolute Gasteiger partial charge is 0.232 e. The van der Waals surface area contributed by atoms with Crippen LogP contribution in [0.3, 0.4) is 0 Å². The van der Waals surface area contributed by atoms with Crippen molar-refractivity contribution in [3.05, 3.63) is 0 Å². The summed E-state index contributed by atoms with van der Waals surface area (Å²) in [6, 6.07) is 0. The molecule has 1 aliphatic heterocycles. The van der Waals surface area contributed by atoms with Crippen molar-refractivity contribution in [1.29, 1.82) is 0 Å². The fraction of sp³-hybridized carbons (Fsp3) is 0.846. The summed E-state index contributed by atoms with van der Waals surface area (Å²) in [5.74, 6) is -0.0397. The molecule has 1 amide bonds. The van der Waals surface area contributed by atoms with Gasteiger partial charge in [-0.25, -0.2) is 0 Å². The Balaban J connectivity index is 2.41. The van der Waals surface area contributed by atoms with Gasteiger partial charge < -0.3 is 4.90 Å². The highest BCUT2D eigenvalue weighted by Gasteiger charge is 2.36. The lowest BCUT2D eigenvalue weighted by atomic mass is 9.88. The van der Waals surface area contributed by atoms with E-state index in [0.717, 1.165) is 0 Å². The number of hydrogen-bond acceptors (Lipinski definition) is 3. The third-order valence-electron chi connectivity index (χ3n) is 3.13. The second-order valence-corrected chi connectivity index (χ2v) is 6.78. The van der Waals surface area contributed by atoms with Crippen molar-refractivity contribution in [2.45, 2.75) is 53.5 Å². The maximum absolute atomic E-state index is 11.8. The molecule has 0 bridgehead atoms. The molecule has 1 saturated heterocycles. The molecular formula is C13H24N2O2. The largest absolute Gasteiger partial charge is 0.316 e. The lowest BCUT2D eigenvalue weighted by Gasteiger charge is -2.49. The van der Waals surface area contributed by atoms with Gasteiger partial charge in [-0.05, 0) is 20.8 Å². The first-order valence-corrected chi connectivity index (χ1v) is 6.08. The average molecular weight is 240 g/mol. The normalized spacial score (nSPS) is 17.9. The van der Waals surface area contributed by atoms with E-state index >= 15 is 0 Å². The molecule has 0 N–H and O–H groups in total. The van der Waals surface area contributed by atoms with Gasteiger partial charge in [0.1, 0.15) is 5.78 Å². The van der Waals surface area contributed by atoms with Gasteiger partial charge in [0, 0.05) is 11.0 Å². The van der Waals surface area contributed by atoms with Crippen LogP contribution in [0.25, 0.3) is 0 Å². The van der Waals surface area contributed by atoms with Crippen molar-refractivity contribution < 1.29 is 9.59 Å². The van der Waals surface area contributed by atoms with E-state index in [1.165, 1.54) is 0 Å². The first kappa shape index (κ1) is 14.2. The predicted octanol–water partition coefficient (Wildman–Crippen LogP) is 1.85. The summed E-state index contributed by atoms with van der Waals surface area (Å²) in [4.78, 5) is 27.5. The molecule has 98 valence electrons. The molecule has 1 rings (SSSR count). The quantitative estimate of drug-likeness (QED) is 0.692. The zero-order valence-corrected chi connectivity index (χ0v) is 11.8. The van der Waals surface area contributed by atoms with Crippen LogP contribution in [-0.2, 0) is 9.59 Å². The van der Waals surface area contributed by atoms with E-state index < -0.39 is 5.41 Å². The number of hydrogen-bond donors (Lipinski definition) is 0. The van der Waals surface area contributed by atoms with E-state index in [1.807, 2.05) is 20.8 Å². The number of ketones is 1. The number of carbonyl (C=O) groups is 2. The third-order valence-corrected chi connectivity index (χ3v) is 3.13. The molecule has 4 heteroatoms. The Hall–Kier alpha value is -0.900. The van der Waals surface area contributed by atoms with Crippen molar-refractivity contribution >= 4 is 11.7 Å². The Labute approximate surface area is 104 Å². The molecule has 0 aromatic carbocycles. The van der Waals surface area contributed by atoms with Crippen molar-refractivity contribution in [3.8, 4) is 0 Å². The maximum Gasteiger partial charge on any atom is 0.232 e. The molecule has 0 spiro atoms. The number of nitrogens with zero attached hydrogens (tertiary/aromatic N) is 2. The summed E-state index contributed by atoms with van der Waals surface area (Å²) in [6.45, 7) is 13.2. The van der Waals surface area contributed by atoms with Crippen molar-refractivity contribution in [1.82, 2.24) is 9.80 Å². The Morgan fingerprint density at radius 3 is 1.82 bits per heavy atom. The molecule has 0 unspecified atom stereocenters. The number of carbonyl (C=O) groups excluding carboxylic acids is 2. The zero-order valence-electron chi connectivity index (χ0n) is 11.8. The molecular weight excluding hydrogens is 216 g/mol. The van der Waals surface area contributed by atoms with Crippen LogP contribution in [0.5, 0.6) is 0 Å². The molecule has 4 nitrogen and oxygen atoms in total. The van der Waals surface area contributed by atoms with Crippen LogP contribution in [0.4, 0.5) is 0 Å². The van der Waals surface area contributed by atoms with Crippen LogP contribution >= 0.6 is 0 Å². The summed E-state index contributed by atoms with van der Waals surface area (Å²) in [6.07, 6.45) is 0.0292. The number of rotatable bonds is 2. The monoisotopic (exact) mass is 240 g/mol. The van der Waals surface area contributed by atoms with E-state index in [0.29, 0.717) is 13.3 Å². The van der Waals surface area contributed by atoms with E-state index in [1.54, 1.807) is 4.90 Å². The van der Waals surface area contributed by atoms with Crippen LogP contribution in [0.2, 0.25) is 0 Å². The molecule has 0 atom stereocenters. The van der Waals surface area contributed by atoms with Crippen molar-refractivity contribution in [3.63, 3.8) is 0 Å². The first-order chi connectivity index (χ1) is 7.51. The lowest BCUT2D eigenvalue weighted by molar-refractivity contribution is -0.157. The summed E-state index contributed by atoms with van der Waals surface area (Å²) >= 11 is 0. The highest BCUT2D eigenvalue weighted by atomic mass is 16.2. The number of Topliss-reactive ketones (excluding diaryl/α,β-unsaturated/α-hetero) is 1. The first-order valence-electron chi connectivity index (χ1n) is 6.08. The van der Waals surface area contributed by atoms with Gasteiger partial charge in [-0.15, -0.1) is 0 Å². The van der Waals surface area contributed by atoms with Gasteiger partial charge in [0.2, 0.25) is 5.91 Å². The minimum Gasteiger partial charge on any atom is -0.316 e. The van der Waals surface area contributed by atoms with Crippen LogP contribution < -0.4 is 0 Å². The van der Waals surface area contributed by atoms with Gasteiger partial charge in [0.25, 0.3) is 0 Å². The second kappa shape index (κ2) is 4.41. The van der Waals surface area contributed by atoms with Crippen LogP contribution in [-0.4, -0.2) is 40.4 Å². The highest BCUT2D eigenvalue weighted by Crippen LogP contribution is 2.23. The minimum atomic E-state index is -0.426. The highest BCUT2D eigenvalue weighted by molar-refractivity contribution is 6.00. The van der Waals surface area contributed by atoms with Gasteiger partial charge in [-0.1, -0.05) is 20.8 Å². The Morgan fingerprint density at radius 2 is 1.47 bits per heavy atom. The molecule has 1 aliphatic rings. The van der Waals surface area contributed by atoms with E-state index in [-0.39, 0.29) is 23.7 Å². The predicted molar refractivity (Wildman–Crippen MR) is 67.3 cm³/mol. The third kappa shape index (κ3) is 3.53. The topological polar surface area (TPSA) is 40.6 Å². The molecule has 17 heavy (non-hydrogen) atoms. The SMILES string of the molecule is CC(C)(C)C(=O)CC(=O)N1CN(C(C)(C)C)C1. The van der Waals surface area contributed by atoms with Gasteiger partial charge >= 0.3 is 0 Å². The van der Waals surface area contributed by atoms with Gasteiger partial charge in [0.05, 0.1) is 19.8 Å². The van der Waals surface area contributed by atoms with Crippen molar-refractivity contribution in [2.75, 3.05) is 13.3 Å². The summed E-state index contributed by atoms with van der Waals surface area (Å²) < 4.78 is 0. The molecule has 0 saturated carbocycles. The molecule has 1 heterocycles. The maximum atomic E-state index is 11.8. The van der Waals surface area contributed by atoms with Crippen LogP contribution in [0.1, 0.15) is 48.0 Å². The fourth-order valence-electron chi connectivity index (χ4n) is 1.47. The molecule has 0 aromatic rings. The minimum absolute atomic E-state index is 0.0108. The summed E-state index contributed by atoms with van der Waals surface area (Å²) in [5.41, 5.74) is -0.338. The zero-order chi connectivity index (χ0) is 13.4. The Morgan fingerprint density at radius 1 is 1.00 bits per heavy atom. The standard InChI is InChI=1S/C13H24N2O2/c1-12(2,3)10(16)7-11(17)14-8-15(9-14)13(4,5)6/h7-9H2,1-6H3.